The molecule has 0 fully saturated rings. The first kappa shape index (κ1) is 19.4. The number of carboxylic acid groups (broad SMARTS) is 2. The summed E-state index contributed by atoms with van der Waals surface area (Å²) in [7, 11) is 0. The number of carboxylic acids is 2. The maximum atomic E-state index is 12.0. The van der Waals surface area contributed by atoms with E-state index in [2.05, 4.69) is 20.6 Å². The fourth-order valence-electron chi connectivity index (χ4n) is 2.64. The van der Waals surface area contributed by atoms with Gasteiger partial charge in [-0.05, 0) is 5.56 Å². The summed E-state index contributed by atoms with van der Waals surface area (Å²) in [5.41, 5.74) is 0.422. The standard InChI is InChI=1S/C16H14N4O7S/c21-12(9-5-17-1-2-18-9)19-4-7-3-8-10(6-27-7)28-14(11(8)15(23)24)20-13(22)16(25)26/h1-2,5,7H,3-4,6H2,(H,19,21)(H,20,22)(H,23,24)(H,25,26). The number of carbonyl (C=O) groups excluding carboxylic acids is 2. The molecule has 0 aromatic carbocycles. The van der Waals surface area contributed by atoms with Gasteiger partial charge in [0.1, 0.15) is 10.7 Å². The van der Waals surface area contributed by atoms with Crippen molar-refractivity contribution in [3.8, 4) is 0 Å². The summed E-state index contributed by atoms with van der Waals surface area (Å²) >= 11 is 0.953. The van der Waals surface area contributed by atoms with Crippen molar-refractivity contribution in [2.75, 3.05) is 11.9 Å². The van der Waals surface area contributed by atoms with Crippen molar-refractivity contribution in [1.29, 1.82) is 0 Å². The number of thiophene rings is 1. The van der Waals surface area contributed by atoms with Gasteiger partial charge in [-0.3, -0.25) is 14.6 Å². The molecular weight excluding hydrogens is 392 g/mol. The third-order valence-corrected chi connectivity index (χ3v) is 5.01. The second-order valence-corrected chi connectivity index (χ2v) is 6.82. The minimum atomic E-state index is -1.72. The summed E-state index contributed by atoms with van der Waals surface area (Å²) in [6.07, 6.45) is 3.82. The van der Waals surface area contributed by atoms with E-state index >= 15 is 0 Å². The molecule has 2 amide bonds. The molecule has 1 atom stereocenters. The van der Waals surface area contributed by atoms with Crippen molar-refractivity contribution in [1.82, 2.24) is 15.3 Å². The lowest BCUT2D eigenvalue weighted by atomic mass is 10.0. The topological polar surface area (TPSA) is 168 Å². The normalized spacial score (nSPS) is 15.4. The van der Waals surface area contributed by atoms with Crippen LogP contribution in [0.4, 0.5) is 5.00 Å². The van der Waals surface area contributed by atoms with Crippen molar-refractivity contribution in [2.45, 2.75) is 19.1 Å². The fraction of sp³-hybridized carbons (Fsp3) is 0.250. The Bertz CT molecular complexity index is 944. The molecule has 2 aromatic heterocycles. The van der Waals surface area contributed by atoms with Crippen LogP contribution >= 0.6 is 11.3 Å². The highest BCUT2D eigenvalue weighted by Gasteiger charge is 2.31. The van der Waals surface area contributed by atoms with Crippen LogP contribution in [0.25, 0.3) is 0 Å². The molecule has 2 aromatic rings. The molecule has 28 heavy (non-hydrogen) atoms. The maximum absolute atomic E-state index is 12.0. The van der Waals surface area contributed by atoms with Crippen LogP contribution in [0.3, 0.4) is 0 Å². The van der Waals surface area contributed by atoms with Crippen LogP contribution in [-0.2, 0) is 27.4 Å². The Morgan fingerprint density at radius 1 is 1.25 bits per heavy atom. The van der Waals surface area contributed by atoms with E-state index in [4.69, 9.17) is 9.84 Å². The predicted molar refractivity (Wildman–Crippen MR) is 94.2 cm³/mol. The van der Waals surface area contributed by atoms with Gasteiger partial charge in [0.15, 0.2) is 0 Å². The summed E-state index contributed by atoms with van der Waals surface area (Å²) in [6, 6.07) is 0. The van der Waals surface area contributed by atoms with Gasteiger partial charge in [-0.2, -0.15) is 0 Å². The van der Waals surface area contributed by atoms with Gasteiger partial charge in [-0.1, -0.05) is 0 Å². The lowest BCUT2D eigenvalue weighted by Gasteiger charge is -2.23. The van der Waals surface area contributed by atoms with E-state index in [-0.39, 0.29) is 35.8 Å². The van der Waals surface area contributed by atoms with Gasteiger partial charge in [-0.25, -0.2) is 14.6 Å². The average molecular weight is 406 g/mol. The zero-order valence-electron chi connectivity index (χ0n) is 14.2. The van der Waals surface area contributed by atoms with Crippen molar-refractivity contribution in [3.63, 3.8) is 0 Å². The van der Waals surface area contributed by atoms with Gasteiger partial charge in [0.25, 0.3) is 5.91 Å². The molecule has 3 heterocycles. The quantitative estimate of drug-likeness (QED) is 0.504. The van der Waals surface area contributed by atoms with Crippen molar-refractivity contribution in [3.05, 3.63) is 40.3 Å². The van der Waals surface area contributed by atoms with Gasteiger partial charge in [-0.15, -0.1) is 11.3 Å². The minimum absolute atomic E-state index is 0.0576. The third kappa shape index (κ3) is 4.13. The van der Waals surface area contributed by atoms with E-state index in [0.717, 1.165) is 11.3 Å². The summed E-state index contributed by atoms with van der Waals surface area (Å²) in [4.78, 5) is 54.1. The number of hydrogen-bond donors (Lipinski definition) is 4. The molecular formula is C16H14N4O7S. The van der Waals surface area contributed by atoms with Crippen LogP contribution in [0.1, 0.15) is 31.3 Å². The van der Waals surface area contributed by atoms with E-state index in [1.54, 1.807) is 0 Å². The second kappa shape index (κ2) is 8.10. The molecule has 0 radical (unpaired) electrons. The molecule has 4 N–H and O–H groups in total. The highest BCUT2D eigenvalue weighted by Crippen LogP contribution is 2.37. The predicted octanol–water partition coefficient (Wildman–Crippen LogP) is 0.131. The summed E-state index contributed by atoms with van der Waals surface area (Å²) < 4.78 is 5.63. The minimum Gasteiger partial charge on any atom is -0.478 e. The fourth-order valence-corrected chi connectivity index (χ4v) is 3.78. The second-order valence-electron chi connectivity index (χ2n) is 5.71. The molecule has 3 rings (SSSR count). The van der Waals surface area contributed by atoms with Crippen LogP contribution in [0.5, 0.6) is 0 Å². The van der Waals surface area contributed by atoms with Crippen LogP contribution in [0.15, 0.2) is 18.6 Å². The molecule has 1 unspecified atom stereocenters. The molecule has 0 saturated heterocycles. The first-order chi connectivity index (χ1) is 13.4. The molecule has 12 heteroatoms. The number of amides is 2. The summed E-state index contributed by atoms with van der Waals surface area (Å²) in [6.45, 7) is 0.190. The number of aromatic nitrogens is 2. The smallest absolute Gasteiger partial charge is 0.394 e. The van der Waals surface area contributed by atoms with Crippen molar-refractivity contribution in [2.24, 2.45) is 0 Å². The maximum Gasteiger partial charge on any atom is 0.394 e. The lowest BCUT2D eigenvalue weighted by molar-refractivity contribution is -0.147. The number of fused-ring (bicyclic) bond motifs is 1. The summed E-state index contributed by atoms with van der Waals surface area (Å²) in [5, 5.41) is 22.9. The molecule has 0 aliphatic carbocycles. The first-order valence-corrected chi connectivity index (χ1v) is 8.76. The molecule has 1 aliphatic rings. The highest BCUT2D eigenvalue weighted by molar-refractivity contribution is 7.17. The third-order valence-electron chi connectivity index (χ3n) is 3.89. The molecule has 0 bridgehead atoms. The zero-order valence-corrected chi connectivity index (χ0v) is 15.0. The summed E-state index contributed by atoms with van der Waals surface area (Å²) in [5.74, 6) is -4.78. The number of rotatable bonds is 5. The van der Waals surface area contributed by atoms with Crippen molar-refractivity contribution >= 4 is 40.1 Å². The zero-order chi connectivity index (χ0) is 20.3. The first-order valence-electron chi connectivity index (χ1n) is 7.94. The van der Waals surface area contributed by atoms with Gasteiger partial charge in [0.2, 0.25) is 0 Å². The molecule has 146 valence electrons. The number of hydrogen-bond acceptors (Lipinski definition) is 8. The van der Waals surface area contributed by atoms with E-state index in [1.807, 2.05) is 0 Å². The molecule has 0 saturated carbocycles. The number of carbonyl (C=O) groups is 4. The molecule has 1 aliphatic heterocycles. The van der Waals surface area contributed by atoms with Gasteiger partial charge in [0.05, 0.1) is 24.5 Å². The number of anilines is 1. The Morgan fingerprint density at radius 3 is 2.68 bits per heavy atom. The van der Waals surface area contributed by atoms with Crippen LogP contribution in [0.2, 0.25) is 0 Å². The van der Waals surface area contributed by atoms with Gasteiger partial charge < -0.3 is 25.6 Å². The van der Waals surface area contributed by atoms with Crippen molar-refractivity contribution < 1.29 is 34.1 Å². The van der Waals surface area contributed by atoms with E-state index in [1.165, 1.54) is 18.6 Å². The Labute approximate surface area is 161 Å². The van der Waals surface area contributed by atoms with Gasteiger partial charge >= 0.3 is 17.8 Å². The Hall–Kier alpha value is -3.38. The average Bonchev–Trinajstić information content (AvgIpc) is 3.03. The number of aliphatic carboxylic acids is 1. The number of nitrogens with one attached hydrogen (secondary N) is 2. The van der Waals surface area contributed by atoms with Crippen LogP contribution in [-0.4, -0.2) is 56.6 Å². The Morgan fingerprint density at radius 2 is 2.04 bits per heavy atom. The molecule has 11 nitrogen and oxygen atoms in total. The highest BCUT2D eigenvalue weighted by atomic mass is 32.1. The lowest BCUT2D eigenvalue weighted by Crippen LogP contribution is -2.37. The van der Waals surface area contributed by atoms with E-state index < -0.39 is 29.9 Å². The Balaban J connectivity index is 1.72. The molecule has 0 spiro atoms. The van der Waals surface area contributed by atoms with E-state index in [0.29, 0.717) is 10.4 Å². The largest absolute Gasteiger partial charge is 0.478 e. The Kier molecular flexibility index (Phi) is 5.61. The van der Waals surface area contributed by atoms with E-state index in [9.17, 15) is 24.3 Å². The number of nitrogens with zero attached hydrogens (tertiary/aromatic N) is 2. The number of aromatic carboxylic acids is 1. The van der Waals surface area contributed by atoms with Gasteiger partial charge in [0, 0.05) is 30.2 Å². The van der Waals surface area contributed by atoms with Crippen LogP contribution < -0.4 is 10.6 Å². The number of ether oxygens (including phenoxy) is 1. The monoisotopic (exact) mass is 406 g/mol. The SMILES string of the molecule is O=C(O)C(=O)Nc1sc2c(c1C(=O)O)CC(CNC(=O)c1cnccn1)OC2. The van der Waals surface area contributed by atoms with Crippen LogP contribution in [0, 0.1) is 0 Å².